The average molecular weight is 247 g/mol. The van der Waals surface area contributed by atoms with Gasteiger partial charge in [-0.3, -0.25) is 0 Å². The third-order valence-corrected chi connectivity index (χ3v) is 6.66. The van der Waals surface area contributed by atoms with Crippen molar-refractivity contribution in [2.75, 3.05) is 12.8 Å². The zero-order valence-electron chi connectivity index (χ0n) is 10.2. The first kappa shape index (κ1) is 12.3. The molecule has 2 aliphatic carbocycles. The maximum Gasteiger partial charge on any atom is 0.212 e. The summed E-state index contributed by atoms with van der Waals surface area (Å²) in [6, 6.07) is 0. The lowest BCUT2D eigenvalue weighted by molar-refractivity contribution is 0.0152. The zero-order valence-corrected chi connectivity index (χ0v) is 11.0. The van der Waals surface area contributed by atoms with E-state index >= 15 is 0 Å². The van der Waals surface area contributed by atoms with Gasteiger partial charge in [-0.25, -0.2) is 13.1 Å². The molecule has 0 aromatic heterocycles. The lowest BCUT2D eigenvalue weighted by Gasteiger charge is -2.40. The third-order valence-electron chi connectivity index (χ3n) is 5.15. The standard InChI is InChI=1S/C11H21NO3S/c1-10(2)8-4-5-11(10,9(13)6-8)7-16(14,15)12-3/h8-9,12-13H,4-7H2,1-3H3. The van der Waals surface area contributed by atoms with Crippen LogP contribution in [-0.2, 0) is 10.0 Å². The second-order valence-electron chi connectivity index (χ2n) is 5.83. The first-order valence-electron chi connectivity index (χ1n) is 5.84. The molecule has 0 saturated heterocycles. The molecule has 2 rings (SSSR count). The van der Waals surface area contributed by atoms with Crippen LogP contribution < -0.4 is 4.72 Å². The first-order valence-corrected chi connectivity index (χ1v) is 7.50. The monoisotopic (exact) mass is 247 g/mol. The van der Waals surface area contributed by atoms with Crippen molar-refractivity contribution >= 4 is 10.0 Å². The molecule has 0 aromatic rings. The van der Waals surface area contributed by atoms with Crippen LogP contribution in [0.2, 0.25) is 0 Å². The summed E-state index contributed by atoms with van der Waals surface area (Å²) in [5.41, 5.74) is -0.518. The molecule has 0 radical (unpaired) electrons. The highest BCUT2D eigenvalue weighted by molar-refractivity contribution is 7.89. The molecule has 2 aliphatic rings. The van der Waals surface area contributed by atoms with Crippen LogP contribution >= 0.6 is 0 Å². The molecule has 5 heteroatoms. The molecule has 2 fully saturated rings. The van der Waals surface area contributed by atoms with Gasteiger partial charge in [-0.15, -0.1) is 0 Å². The molecule has 0 amide bonds. The minimum atomic E-state index is -3.26. The van der Waals surface area contributed by atoms with Gasteiger partial charge in [0, 0.05) is 5.41 Å². The van der Waals surface area contributed by atoms with E-state index in [-0.39, 0.29) is 11.2 Å². The molecule has 4 nitrogen and oxygen atoms in total. The maximum absolute atomic E-state index is 11.7. The van der Waals surface area contributed by atoms with Crippen molar-refractivity contribution in [3.8, 4) is 0 Å². The highest BCUT2D eigenvalue weighted by atomic mass is 32.2. The van der Waals surface area contributed by atoms with Gasteiger partial charge in [0.15, 0.2) is 0 Å². The summed E-state index contributed by atoms with van der Waals surface area (Å²) in [7, 11) is -1.82. The fourth-order valence-corrected chi connectivity index (χ4v) is 5.32. The van der Waals surface area contributed by atoms with Gasteiger partial charge in [0.2, 0.25) is 10.0 Å². The van der Waals surface area contributed by atoms with E-state index in [1.807, 2.05) is 0 Å². The summed E-state index contributed by atoms with van der Waals surface area (Å²) in [6.07, 6.45) is 2.16. The normalized spacial score (nSPS) is 41.5. The molecule has 2 bridgehead atoms. The topological polar surface area (TPSA) is 66.4 Å². The highest BCUT2D eigenvalue weighted by Crippen LogP contribution is 2.65. The lowest BCUT2D eigenvalue weighted by Crippen LogP contribution is -2.46. The lowest BCUT2D eigenvalue weighted by atomic mass is 9.70. The summed E-state index contributed by atoms with van der Waals surface area (Å²) >= 11 is 0. The highest BCUT2D eigenvalue weighted by Gasteiger charge is 2.64. The predicted octanol–water partition coefficient (Wildman–Crippen LogP) is 0.723. The Hall–Kier alpha value is -0.130. The van der Waals surface area contributed by atoms with Gasteiger partial charge in [-0.1, -0.05) is 13.8 Å². The fourth-order valence-electron chi connectivity index (χ4n) is 3.79. The van der Waals surface area contributed by atoms with Crippen LogP contribution in [0.4, 0.5) is 0 Å². The minimum absolute atomic E-state index is 0.0567. The molecular weight excluding hydrogens is 226 g/mol. The van der Waals surface area contributed by atoms with Crippen LogP contribution in [0.5, 0.6) is 0 Å². The zero-order chi connectivity index (χ0) is 12.2. The van der Waals surface area contributed by atoms with Gasteiger partial charge < -0.3 is 5.11 Å². The van der Waals surface area contributed by atoms with Crippen molar-refractivity contribution in [1.29, 1.82) is 0 Å². The van der Waals surface area contributed by atoms with Crippen LogP contribution in [0.25, 0.3) is 0 Å². The Morgan fingerprint density at radius 1 is 1.44 bits per heavy atom. The SMILES string of the molecule is CNS(=O)(=O)CC12CCC(CC1O)C2(C)C. The van der Waals surface area contributed by atoms with Gasteiger partial charge in [0.1, 0.15) is 0 Å². The van der Waals surface area contributed by atoms with E-state index in [1.54, 1.807) is 0 Å². The number of rotatable bonds is 3. The van der Waals surface area contributed by atoms with Crippen molar-refractivity contribution in [3.63, 3.8) is 0 Å². The Morgan fingerprint density at radius 2 is 2.06 bits per heavy atom. The fraction of sp³-hybridized carbons (Fsp3) is 1.00. The van der Waals surface area contributed by atoms with E-state index in [9.17, 15) is 13.5 Å². The molecule has 16 heavy (non-hydrogen) atoms. The van der Waals surface area contributed by atoms with Crippen molar-refractivity contribution < 1.29 is 13.5 Å². The largest absolute Gasteiger partial charge is 0.392 e. The number of sulfonamides is 1. The summed E-state index contributed by atoms with van der Waals surface area (Å²) in [4.78, 5) is 0. The molecule has 0 heterocycles. The summed E-state index contributed by atoms with van der Waals surface area (Å²) < 4.78 is 25.9. The molecule has 3 atom stereocenters. The molecule has 3 unspecified atom stereocenters. The minimum Gasteiger partial charge on any atom is -0.392 e. The Balaban J connectivity index is 2.36. The molecule has 2 saturated carbocycles. The Labute approximate surface area is 97.5 Å². The van der Waals surface area contributed by atoms with Crippen LogP contribution in [0.3, 0.4) is 0 Å². The van der Waals surface area contributed by atoms with E-state index in [1.165, 1.54) is 7.05 Å². The molecule has 94 valence electrons. The van der Waals surface area contributed by atoms with E-state index in [0.29, 0.717) is 5.92 Å². The summed E-state index contributed by atoms with van der Waals surface area (Å²) in [6.45, 7) is 4.21. The van der Waals surface area contributed by atoms with E-state index in [4.69, 9.17) is 0 Å². The van der Waals surface area contributed by atoms with Crippen molar-refractivity contribution in [2.24, 2.45) is 16.7 Å². The number of aliphatic hydroxyl groups excluding tert-OH is 1. The van der Waals surface area contributed by atoms with Gasteiger partial charge in [-0.2, -0.15) is 0 Å². The van der Waals surface area contributed by atoms with Crippen molar-refractivity contribution in [1.82, 2.24) is 4.72 Å². The van der Waals surface area contributed by atoms with Crippen molar-refractivity contribution in [3.05, 3.63) is 0 Å². The van der Waals surface area contributed by atoms with E-state index < -0.39 is 21.5 Å². The molecule has 2 N–H and O–H groups in total. The molecule has 0 aliphatic heterocycles. The Kier molecular flexibility index (Phi) is 2.64. The number of fused-ring (bicyclic) bond motifs is 2. The molecule has 0 spiro atoms. The Morgan fingerprint density at radius 3 is 2.44 bits per heavy atom. The van der Waals surface area contributed by atoms with Gasteiger partial charge in [0.25, 0.3) is 0 Å². The maximum atomic E-state index is 11.7. The third kappa shape index (κ3) is 1.45. The second-order valence-corrected chi connectivity index (χ2v) is 7.75. The predicted molar refractivity (Wildman–Crippen MR) is 62.4 cm³/mol. The van der Waals surface area contributed by atoms with Gasteiger partial charge >= 0.3 is 0 Å². The number of aliphatic hydroxyl groups is 1. The van der Waals surface area contributed by atoms with E-state index in [0.717, 1.165) is 19.3 Å². The van der Waals surface area contributed by atoms with E-state index in [2.05, 4.69) is 18.6 Å². The first-order chi connectivity index (χ1) is 7.25. The number of hydrogen-bond acceptors (Lipinski definition) is 3. The quantitative estimate of drug-likeness (QED) is 0.772. The van der Waals surface area contributed by atoms with Crippen LogP contribution in [0.1, 0.15) is 33.1 Å². The van der Waals surface area contributed by atoms with Crippen LogP contribution in [0.15, 0.2) is 0 Å². The Bertz CT molecular complexity index is 390. The summed E-state index contributed by atoms with van der Waals surface area (Å²) in [5, 5.41) is 10.2. The van der Waals surface area contributed by atoms with Crippen LogP contribution in [0, 0.1) is 16.7 Å². The van der Waals surface area contributed by atoms with Crippen LogP contribution in [-0.4, -0.2) is 32.4 Å². The smallest absolute Gasteiger partial charge is 0.212 e. The van der Waals surface area contributed by atoms with Gasteiger partial charge in [-0.05, 0) is 37.6 Å². The molecule has 0 aromatic carbocycles. The summed E-state index contributed by atoms with van der Waals surface area (Å²) in [5.74, 6) is 0.524. The number of nitrogens with one attached hydrogen (secondary N) is 1. The molecular formula is C11H21NO3S. The average Bonchev–Trinajstić information content (AvgIpc) is 2.51. The second kappa shape index (κ2) is 3.43. The van der Waals surface area contributed by atoms with Gasteiger partial charge in [0.05, 0.1) is 11.9 Å². The number of hydrogen-bond donors (Lipinski definition) is 2. The van der Waals surface area contributed by atoms with Crippen molar-refractivity contribution in [2.45, 2.75) is 39.2 Å².